The van der Waals surface area contributed by atoms with Crippen LogP contribution < -0.4 is 14.2 Å². The number of benzene rings is 2. The van der Waals surface area contributed by atoms with E-state index in [0.717, 1.165) is 17.5 Å². The van der Waals surface area contributed by atoms with Crippen molar-refractivity contribution in [3.05, 3.63) is 47.5 Å². The number of hydrogen-bond acceptors (Lipinski definition) is 6. The van der Waals surface area contributed by atoms with Crippen LogP contribution in [0.4, 0.5) is 4.39 Å². The molecule has 6 nitrogen and oxygen atoms in total. The third kappa shape index (κ3) is 6.54. The molecule has 1 atom stereocenters. The van der Waals surface area contributed by atoms with Gasteiger partial charge in [-0.05, 0) is 67.1 Å². The number of rotatable bonds is 14. The fourth-order valence-corrected chi connectivity index (χ4v) is 4.33. The van der Waals surface area contributed by atoms with E-state index in [1.807, 2.05) is 24.3 Å². The molecule has 0 amide bonds. The number of ether oxygens (including phenoxy) is 3. The summed E-state index contributed by atoms with van der Waals surface area (Å²) in [5.74, 6) is 1.84. The standard InChI is InChI=1S/C27H37FN2O4/c1-20(2)27(19-29,22-8-10-24(32-3)26(18-22)34-5)12-6-14-30(16-13-28)15-11-21-7-9-23(31)25(17-21)33-4/h7-10,17-18,20,31H,6,11-16H2,1-5H3. The van der Waals surface area contributed by atoms with Crippen LogP contribution in [0.3, 0.4) is 0 Å². The third-order valence-corrected chi connectivity index (χ3v) is 6.49. The third-order valence-electron chi connectivity index (χ3n) is 6.49. The summed E-state index contributed by atoms with van der Waals surface area (Å²) in [6.45, 7) is 5.38. The molecule has 0 fully saturated rings. The topological polar surface area (TPSA) is 75.0 Å². The van der Waals surface area contributed by atoms with E-state index in [9.17, 15) is 14.8 Å². The monoisotopic (exact) mass is 472 g/mol. The van der Waals surface area contributed by atoms with Gasteiger partial charge in [0.05, 0.1) is 32.8 Å². The molecule has 0 aliphatic rings. The smallest absolute Gasteiger partial charge is 0.161 e. The molecule has 0 bridgehead atoms. The zero-order chi connectivity index (χ0) is 25.1. The van der Waals surface area contributed by atoms with Gasteiger partial charge in [0.15, 0.2) is 23.0 Å². The van der Waals surface area contributed by atoms with Crippen molar-refractivity contribution in [3.8, 4) is 29.1 Å². The lowest BCUT2D eigenvalue weighted by Crippen LogP contribution is -2.34. The number of phenols is 1. The van der Waals surface area contributed by atoms with E-state index in [-0.39, 0.29) is 11.7 Å². The van der Waals surface area contributed by atoms with Crippen LogP contribution in [0.25, 0.3) is 0 Å². The minimum atomic E-state index is -0.689. The maximum absolute atomic E-state index is 13.2. The Balaban J connectivity index is 2.11. The molecular formula is C27H37FN2O4. The Morgan fingerprint density at radius 2 is 1.68 bits per heavy atom. The average Bonchev–Trinajstić information content (AvgIpc) is 2.85. The summed E-state index contributed by atoms with van der Waals surface area (Å²) in [6.07, 6.45) is 2.10. The van der Waals surface area contributed by atoms with Crippen LogP contribution in [0.1, 0.15) is 37.8 Å². The second-order valence-corrected chi connectivity index (χ2v) is 8.70. The van der Waals surface area contributed by atoms with E-state index in [1.165, 1.54) is 7.11 Å². The number of aromatic hydroxyl groups is 1. The van der Waals surface area contributed by atoms with Crippen molar-refractivity contribution in [1.29, 1.82) is 5.26 Å². The summed E-state index contributed by atoms with van der Waals surface area (Å²) < 4.78 is 29.2. The van der Waals surface area contributed by atoms with Crippen LogP contribution in [0, 0.1) is 17.2 Å². The molecule has 2 aromatic carbocycles. The van der Waals surface area contributed by atoms with Gasteiger partial charge in [0.25, 0.3) is 0 Å². The summed E-state index contributed by atoms with van der Waals surface area (Å²) in [7, 11) is 4.69. The van der Waals surface area contributed by atoms with Gasteiger partial charge < -0.3 is 24.2 Å². The molecule has 1 unspecified atom stereocenters. The van der Waals surface area contributed by atoms with Crippen molar-refractivity contribution < 1.29 is 23.7 Å². The van der Waals surface area contributed by atoms with E-state index in [0.29, 0.717) is 49.7 Å². The molecule has 0 aromatic heterocycles. The highest BCUT2D eigenvalue weighted by Gasteiger charge is 2.36. The summed E-state index contributed by atoms with van der Waals surface area (Å²) in [5, 5.41) is 20.0. The summed E-state index contributed by atoms with van der Waals surface area (Å²) in [5.41, 5.74) is 1.22. The molecule has 0 heterocycles. The molecular weight excluding hydrogens is 435 g/mol. The van der Waals surface area contributed by atoms with Gasteiger partial charge in [0.2, 0.25) is 0 Å². The van der Waals surface area contributed by atoms with Crippen LogP contribution in [-0.2, 0) is 11.8 Å². The van der Waals surface area contributed by atoms with Gasteiger partial charge in [-0.3, -0.25) is 0 Å². The maximum atomic E-state index is 13.2. The second-order valence-electron chi connectivity index (χ2n) is 8.70. The van der Waals surface area contributed by atoms with E-state index in [1.54, 1.807) is 26.4 Å². The molecule has 0 saturated carbocycles. The number of alkyl halides is 1. The van der Waals surface area contributed by atoms with Gasteiger partial charge in [-0.15, -0.1) is 0 Å². The molecule has 0 spiro atoms. The number of phenolic OH excluding ortho intramolecular Hbond substituents is 1. The Morgan fingerprint density at radius 1 is 0.971 bits per heavy atom. The van der Waals surface area contributed by atoms with Crippen molar-refractivity contribution in [2.75, 3.05) is 47.6 Å². The number of halogens is 1. The Hall–Kier alpha value is -2.98. The van der Waals surface area contributed by atoms with Crippen molar-refractivity contribution in [2.24, 2.45) is 5.92 Å². The maximum Gasteiger partial charge on any atom is 0.161 e. The first-order valence-electron chi connectivity index (χ1n) is 11.6. The molecule has 2 rings (SSSR count). The zero-order valence-electron chi connectivity index (χ0n) is 20.9. The number of nitrogens with zero attached hydrogens (tertiary/aromatic N) is 2. The van der Waals surface area contributed by atoms with Crippen molar-refractivity contribution in [1.82, 2.24) is 4.90 Å². The molecule has 0 aliphatic carbocycles. The minimum Gasteiger partial charge on any atom is -0.504 e. The largest absolute Gasteiger partial charge is 0.504 e. The van der Waals surface area contributed by atoms with Crippen molar-refractivity contribution >= 4 is 0 Å². The molecule has 0 radical (unpaired) electrons. The van der Waals surface area contributed by atoms with Gasteiger partial charge in [-0.2, -0.15) is 5.26 Å². The summed E-state index contributed by atoms with van der Waals surface area (Å²) in [6, 6.07) is 13.5. The van der Waals surface area contributed by atoms with E-state index in [2.05, 4.69) is 24.8 Å². The second kappa shape index (κ2) is 13.0. The first-order valence-corrected chi connectivity index (χ1v) is 11.6. The van der Waals surface area contributed by atoms with Gasteiger partial charge in [0.1, 0.15) is 6.67 Å². The van der Waals surface area contributed by atoms with Crippen molar-refractivity contribution in [2.45, 2.75) is 38.5 Å². The molecule has 34 heavy (non-hydrogen) atoms. The van der Waals surface area contributed by atoms with Crippen LogP contribution in [0.5, 0.6) is 23.0 Å². The lowest BCUT2D eigenvalue weighted by Gasteiger charge is -2.33. The highest BCUT2D eigenvalue weighted by atomic mass is 19.1. The highest BCUT2D eigenvalue weighted by Crippen LogP contribution is 2.40. The first kappa shape index (κ1) is 27.3. The van der Waals surface area contributed by atoms with Crippen molar-refractivity contribution in [3.63, 3.8) is 0 Å². The van der Waals surface area contributed by atoms with E-state index >= 15 is 0 Å². The Kier molecular flexibility index (Phi) is 10.5. The summed E-state index contributed by atoms with van der Waals surface area (Å²) in [4.78, 5) is 2.08. The van der Waals surface area contributed by atoms with Gasteiger partial charge in [0, 0.05) is 13.1 Å². The predicted octanol–water partition coefficient (Wildman–Crippen LogP) is 5.13. The molecule has 7 heteroatoms. The van der Waals surface area contributed by atoms with Crippen LogP contribution in [0.15, 0.2) is 36.4 Å². The molecule has 1 N–H and O–H groups in total. The lowest BCUT2D eigenvalue weighted by molar-refractivity contribution is 0.233. The SMILES string of the molecule is COc1cc(CCN(CCF)CCCC(C#N)(c2ccc(OC)c(OC)c2)C(C)C)ccc1O. The quantitative estimate of drug-likeness (QED) is 0.411. The normalized spacial score (nSPS) is 12.9. The Labute approximate surface area is 202 Å². The first-order chi connectivity index (χ1) is 16.3. The fraction of sp³-hybridized carbons (Fsp3) is 0.519. The number of methoxy groups -OCH3 is 3. The number of hydrogen-bond donors (Lipinski definition) is 1. The van der Waals surface area contributed by atoms with E-state index < -0.39 is 12.1 Å². The van der Waals surface area contributed by atoms with Gasteiger partial charge in [-0.1, -0.05) is 26.0 Å². The van der Waals surface area contributed by atoms with Gasteiger partial charge in [-0.25, -0.2) is 4.39 Å². The van der Waals surface area contributed by atoms with Crippen LogP contribution >= 0.6 is 0 Å². The Bertz CT molecular complexity index is 960. The minimum absolute atomic E-state index is 0.0784. The molecule has 186 valence electrons. The fourth-order valence-electron chi connectivity index (χ4n) is 4.33. The lowest BCUT2D eigenvalue weighted by atomic mass is 9.69. The van der Waals surface area contributed by atoms with E-state index in [4.69, 9.17) is 14.2 Å². The average molecular weight is 473 g/mol. The summed E-state index contributed by atoms with van der Waals surface area (Å²) >= 11 is 0. The number of nitriles is 1. The molecule has 0 aliphatic heterocycles. The molecule has 2 aromatic rings. The van der Waals surface area contributed by atoms with Gasteiger partial charge >= 0.3 is 0 Å². The molecule has 0 saturated heterocycles. The highest BCUT2D eigenvalue weighted by molar-refractivity contribution is 5.47. The Morgan fingerprint density at radius 3 is 2.26 bits per heavy atom. The predicted molar refractivity (Wildman–Crippen MR) is 132 cm³/mol. The van der Waals surface area contributed by atoms with Crippen LogP contribution in [0.2, 0.25) is 0 Å². The zero-order valence-corrected chi connectivity index (χ0v) is 20.9. The van der Waals surface area contributed by atoms with Crippen LogP contribution in [-0.4, -0.2) is 57.6 Å².